The quantitative estimate of drug-likeness (QED) is 0.697. The topological polar surface area (TPSA) is 91.6 Å². The Morgan fingerprint density at radius 2 is 1.89 bits per heavy atom. The molecule has 27 heavy (non-hydrogen) atoms. The predicted octanol–water partition coefficient (Wildman–Crippen LogP) is 3.98. The monoisotopic (exact) mass is 366 g/mol. The Bertz CT molecular complexity index is 838. The lowest BCUT2D eigenvalue weighted by Crippen LogP contribution is -2.20. The highest BCUT2D eigenvalue weighted by Gasteiger charge is 2.24. The van der Waals surface area contributed by atoms with Crippen molar-refractivity contribution in [2.75, 3.05) is 18.5 Å². The maximum absolute atomic E-state index is 11.9. The number of carbonyl (C=O) groups is 1. The van der Waals surface area contributed by atoms with Crippen molar-refractivity contribution in [3.05, 3.63) is 53.6 Å². The summed E-state index contributed by atoms with van der Waals surface area (Å²) in [5.74, 6) is 0.766. The van der Waals surface area contributed by atoms with Crippen LogP contribution in [-0.2, 0) is 4.79 Å². The molecular formula is C21H22N2O4. The lowest BCUT2D eigenvalue weighted by atomic mass is 10.1. The van der Waals surface area contributed by atoms with Gasteiger partial charge < -0.3 is 19.9 Å². The van der Waals surface area contributed by atoms with E-state index >= 15 is 0 Å². The molecular weight excluding hydrogens is 344 g/mol. The molecule has 1 atom stereocenters. The highest BCUT2D eigenvalue weighted by molar-refractivity contribution is 5.79. The number of ether oxygens (including phenoxy) is 2. The molecule has 1 aliphatic carbocycles. The molecule has 0 aliphatic heterocycles. The van der Waals surface area contributed by atoms with E-state index in [-0.39, 0.29) is 0 Å². The van der Waals surface area contributed by atoms with Gasteiger partial charge in [-0.1, -0.05) is 0 Å². The number of carboxylic acids is 1. The summed E-state index contributed by atoms with van der Waals surface area (Å²) in [6.45, 7) is 2.99. The van der Waals surface area contributed by atoms with Crippen LogP contribution in [0.1, 0.15) is 36.9 Å². The predicted molar refractivity (Wildman–Crippen MR) is 101 cm³/mol. The van der Waals surface area contributed by atoms with Crippen molar-refractivity contribution in [1.29, 1.82) is 5.26 Å². The van der Waals surface area contributed by atoms with Crippen LogP contribution in [0.25, 0.3) is 0 Å². The number of nitrogens with one attached hydrogen (secondary N) is 1. The Morgan fingerprint density at radius 1 is 1.22 bits per heavy atom. The number of carboxylic acid groups (broad SMARTS) is 1. The summed E-state index contributed by atoms with van der Waals surface area (Å²) in [6.07, 6.45) is 2.35. The number of anilines is 1. The smallest absolute Gasteiger partial charge is 0.330 e. The molecule has 140 valence electrons. The second kappa shape index (κ2) is 8.45. The van der Waals surface area contributed by atoms with Crippen LogP contribution in [0.4, 0.5) is 5.69 Å². The van der Waals surface area contributed by atoms with Gasteiger partial charge in [-0.25, -0.2) is 4.79 Å². The fraction of sp³-hybridized carbons (Fsp3) is 0.333. The Kier molecular flexibility index (Phi) is 5.82. The number of rotatable bonds is 9. The number of benzene rings is 2. The van der Waals surface area contributed by atoms with Crippen LogP contribution in [0.3, 0.4) is 0 Å². The van der Waals surface area contributed by atoms with Crippen LogP contribution in [0, 0.1) is 17.2 Å². The van der Waals surface area contributed by atoms with Crippen LogP contribution in [0.15, 0.2) is 42.5 Å². The van der Waals surface area contributed by atoms with Gasteiger partial charge in [-0.15, -0.1) is 0 Å². The zero-order valence-corrected chi connectivity index (χ0v) is 15.1. The first-order valence-corrected chi connectivity index (χ1v) is 8.99. The van der Waals surface area contributed by atoms with Crippen molar-refractivity contribution in [3.63, 3.8) is 0 Å². The van der Waals surface area contributed by atoms with Gasteiger partial charge in [-0.05, 0) is 67.6 Å². The van der Waals surface area contributed by atoms with Crippen molar-refractivity contribution >= 4 is 11.7 Å². The fourth-order valence-corrected chi connectivity index (χ4v) is 2.69. The lowest BCUT2D eigenvalue weighted by molar-refractivity contribution is -0.138. The molecule has 1 saturated carbocycles. The molecule has 2 N–H and O–H groups in total. The summed E-state index contributed by atoms with van der Waals surface area (Å²) in [7, 11) is 0. The Hall–Kier alpha value is -3.20. The molecule has 0 spiro atoms. The minimum atomic E-state index is -1.01. The highest BCUT2D eigenvalue weighted by atomic mass is 16.5. The van der Waals surface area contributed by atoms with Gasteiger partial charge in [0, 0.05) is 11.8 Å². The molecule has 0 bridgehead atoms. The van der Waals surface area contributed by atoms with E-state index in [0.717, 1.165) is 0 Å². The van der Waals surface area contributed by atoms with Crippen molar-refractivity contribution in [3.8, 4) is 17.6 Å². The maximum atomic E-state index is 11.9. The van der Waals surface area contributed by atoms with Crippen molar-refractivity contribution < 1.29 is 19.4 Å². The van der Waals surface area contributed by atoms with Gasteiger partial charge in [-0.3, -0.25) is 0 Å². The number of nitrogens with zero attached hydrogens (tertiary/aromatic N) is 1. The molecule has 1 fully saturated rings. The molecule has 0 radical (unpaired) electrons. The zero-order valence-electron chi connectivity index (χ0n) is 15.1. The normalized spacial score (nSPS) is 14.1. The average molecular weight is 366 g/mol. The van der Waals surface area contributed by atoms with E-state index in [9.17, 15) is 9.90 Å². The summed E-state index contributed by atoms with van der Waals surface area (Å²) in [5.41, 5.74) is 1.67. The fourth-order valence-electron chi connectivity index (χ4n) is 2.69. The van der Waals surface area contributed by atoms with Crippen molar-refractivity contribution in [2.45, 2.75) is 25.8 Å². The van der Waals surface area contributed by atoms with E-state index < -0.39 is 12.0 Å². The van der Waals surface area contributed by atoms with Crippen LogP contribution in [0.2, 0.25) is 0 Å². The van der Waals surface area contributed by atoms with Gasteiger partial charge in [0.1, 0.15) is 11.5 Å². The standard InChI is InChI=1S/C21H22N2O4/c1-2-26-18-9-16(10-19(11-18)27-13-15-3-4-15)20(21(24)25)23-17-7-5-14(12-22)6-8-17/h5-11,15,20,23H,2-4,13H2,1H3,(H,24,25). The van der Waals surface area contributed by atoms with Crippen molar-refractivity contribution in [1.82, 2.24) is 0 Å². The van der Waals surface area contributed by atoms with Crippen LogP contribution in [-0.4, -0.2) is 24.3 Å². The van der Waals surface area contributed by atoms with Gasteiger partial charge >= 0.3 is 5.97 Å². The summed E-state index contributed by atoms with van der Waals surface area (Å²) < 4.78 is 11.4. The van der Waals surface area contributed by atoms with Crippen LogP contribution >= 0.6 is 0 Å². The maximum Gasteiger partial charge on any atom is 0.330 e. The molecule has 1 aliphatic rings. The van der Waals surface area contributed by atoms with E-state index in [1.54, 1.807) is 42.5 Å². The zero-order chi connectivity index (χ0) is 19.2. The number of aliphatic carboxylic acids is 1. The minimum absolute atomic E-state index is 0.478. The third kappa shape index (κ3) is 5.14. The first-order valence-electron chi connectivity index (χ1n) is 8.99. The summed E-state index contributed by atoms with van der Waals surface area (Å²) in [4.78, 5) is 11.9. The molecule has 3 rings (SSSR count). The third-order valence-electron chi connectivity index (χ3n) is 4.30. The molecule has 0 heterocycles. The second-order valence-electron chi connectivity index (χ2n) is 6.53. The molecule has 1 unspecified atom stereocenters. The highest BCUT2D eigenvalue weighted by Crippen LogP contribution is 2.32. The van der Waals surface area contributed by atoms with Gasteiger partial charge in [-0.2, -0.15) is 5.26 Å². The first-order chi connectivity index (χ1) is 13.1. The molecule has 0 aromatic heterocycles. The Balaban J connectivity index is 1.85. The SMILES string of the molecule is CCOc1cc(OCC2CC2)cc(C(Nc2ccc(C#N)cc2)C(=O)O)c1. The number of nitriles is 1. The number of hydrogen-bond acceptors (Lipinski definition) is 5. The molecule has 2 aromatic rings. The van der Waals surface area contributed by atoms with E-state index in [1.165, 1.54) is 12.8 Å². The van der Waals surface area contributed by atoms with Gasteiger partial charge in [0.15, 0.2) is 6.04 Å². The van der Waals surface area contributed by atoms with Crippen LogP contribution in [0.5, 0.6) is 11.5 Å². The number of hydrogen-bond donors (Lipinski definition) is 2. The average Bonchev–Trinajstić information content (AvgIpc) is 3.49. The summed E-state index contributed by atoms with van der Waals surface area (Å²) in [5, 5.41) is 21.6. The van der Waals surface area contributed by atoms with E-state index in [1.807, 2.05) is 13.0 Å². The summed E-state index contributed by atoms with van der Waals surface area (Å²) in [6, 6.07) is 13.0. The Labute approximate surface area is 158 Å². The van der Waals surface area contributed by atoms with E-state index in [4.69, 9.17) is 14.7 Å². The molecule has 0 amide bonds. The first kappa shape index (κ1) is 18.6. The van der Waals surface area contributed by atoms with Crippen molar-refractivity contribution in [2.24, 2.45) is 5.92 Å². The summed E-state index contributed by atoms with van der Waals surface area (Å²) >= 11 is 0. The molecule has 6 heteroatoms. The van der Waals surface area contributed by atoms with Gasteiger partial charge in [0.05, 0.1) is 24.8 Å². The minimum Gasteiger partial charge on any atom is -0.494 e. The lowest BCUT2D eigenvalue weighted by Gasteiger charge is -2.19. The second-order valence-corrected chi connectivity index (χ2v) is 6.53. The largest absolute Gasteiger partial charge is 0.494 e. The van der Waals surface area contributed by atoms with Gasteiger partial charge in [0.25, 0.3) is 0 Å². The van der Waals surface area contributed by atoms with E-state index in [2.05, 4.69) is 5.32 Å². The molecule has 6 nitrogen and oxygen atoms in total. The van der Waals surface area contributed by atoms with Crippen LogP contribution < -0.4 is 14.8 Å². The molecule has 0 saturated heterocycles. The van der Waals surface area contributed by atoms with E-state index in [0.29, 0.717) is 47.4 Å². The van der Waals surface area contributed by atoms with Gasteiger partial charge in [0.2, 0.25) is 0 Å². The Morgan fingerprint density at radius 3 is 2.44 bits per heavy atom. The third-order valence-corrected chi connectivity index (χ3v) is 4.30. The molecule has 2 aromatic carbocycles.